The fraction of sp³-hybridized carbons (Fsp3) is 0.375. The van der Waals surface area contributed by atoms with Crippen molar-refractivity contribution >= 4 is 22.5 Å². The van der Waals surface area contributed by atoms with E-state index in [0.29, 0.717) is 24.0 Å². The summed E-state index contributed by atoms with van der Waals surface area (Å²) in [5, 5.41) is 4.75. The molecule has 0 unspecified atom stereocenters. The lowest BCUT2D eigenvalue weighted by Gasteiger charge is -2.22. The normalized spacial score (nSPS) is 16.0. The number of nitrogen functional groups attached to an aromatic ring is 1. The molecule has 0 saturated carbocycles. The zero-order valence-electron chi connectivity index (χ0n) is 11.8. The number of rotatable bonds is 3. The molecule has 1 amide bonds. The lowest BCUT2D eigenvalue weighted by molar-refractivity contribution is 0.0642. The van der Waals surface area contributed by atoms with Gasteiger partial charge in [-0.05, 0) is 30.2 Å². The molecule has 0 spiro atoms. The molecule has 5 nitrogen and oxygen atoms in total. The number of amides is 1. The van der Waals surface area contributed by atoms with Crippen LogP contribution in [0.15, 0.2) is 30.3 Å². The van der Waals surface area contributed by atoms with Gasteiger partial charge in [0.25, 0.3) is 5.91 Å². The SMILES string of the molecule is Nc1nc(C(=O)NCC2CCOCC2)cc2ccccc12. The number of aromatic nitrogens is 1. The first-order valence-corrected chi connectivity index (χ1v) is 7.25. The van der Waals surface area contributed by atoms with Gasteiger partial charge in [0.2, 0.25) is 0 Å². The van der Waals surface area contributed by atoms with E-state index in [1.807, 2.05) is 24.3 Å². The summed E-state index contributed by atoms with van der Waals surface area (Å²) in [7, 11) is 0. The van der Waals surface area contributed by atoms with E-state index in [1.165, 1.54) is 0 Å². The first-order valence-electron chi connectivity index (χ1n) is 7.25. The highest BCUT2D eigenvalue weighted by atomic mass is 16.5. The third-order valence-electron chi connectivity index (χ3n) is 3.89. The second kappa shape index (κ2) is 6.10. The Morgan fingerprint density at radius 3 is 2.90 bits per heavy atom. The van der Waals surface area contributed by atoms with Gasteiger partial charge in [0, 0.05) is 25.1 Å². The van der Waals surface area contributed by atoms with E-state index >= 15 is 0 Å². The van der Waals surface area contributed by atoms with E-state index < -0.39 is 0 Å². The quantitative estimate of drug-likeness (QED) is 0.904. The second-order valence-corrected chi connectivity index (χ2v) is 5.38. The van der Waals surface area contributed by atoms with Crippen molar-refractivity contribution in [3.63, 3.8) is 0 Å². The summed E-state index contributed by atoms with van der Waals surface area (Å²) in [5.41, 5.74) is 6.30. The van der Waals surface area contributed by atoms with Crippen molar-refractivity contribution in [2.75, 3.05) is 25.5 Å². The summed E-state index contributed by atoms with van der Waals surface area (Å²) < 4.78 is 5.31. The Hall–Kier alpha value is -2.14. The highest BCUT2D eigenvalue weighted by Crippen LogP contribution is 2.20. The van der Waals surface area contributed by atoms with Crippen molar-refractivity contribution in [2.45, 2.75) is 12.8 Å². The maximum atomic E-state index is 12.2. The van der Waals surface area contributed by atoms with Crippen LogP contribution in [0, 0.1) is 5.92 Å². The Labute approximate surface area is 123 Å². The number of nitrogens with two attached hydrogens (primary N) is 1. The topological polar surface area (TPSA) is 77.2 Å². The van der Waals surface area contributed by atoms with Crippen LogP contribution >= 0.6 is 0 Å². The second-order valence-electron chi connectivity index (χ2n) is 5.38. The monoisotopic (exact) mass is 285 g/mol. The molecule has 110 valence electrons. The molecule has 1 aliphatic heterocycles. The van der Waals surface area contributed by atoms with Crippen LogP contribution in [0.4, 0.5) is 5.82 Å². The summed E-state index contributed by atoms with van der Waals surface area (Å²) in [6, 6.07) is 9.45. The minimum Gasteiger partial charge on any atom is -0.383 e. The molecule has 2 aromatic rings. The van der Waals surface area contributed by atoms with Gasteiger partial charge in [-0.25, -0.2) is 4.98 Å². The van der Waals surface area contributed by atoms with Gasteiger partial charge in [-0.3, -0.25) is 4.79 Å². The maximum Gasteiger partial charge on any atom is 0.270 e. The molecule has 3 N–H and O–H groups in total. The molecular formula is C16H19N3O2. The standard InChI is InChI=1S/C16H19N3O2/c17-15-13-4-2-1-3-12(13)9-14(19-15)16(20)18-10-11-5-7-21-8-6-11/h1-4,9,11H,5-8,10H2,(H2,17,19)(H,18,20). The van der Waals surface area contributed by atoms with E-state index in [4.69, 9.17) is 10.5 Å². The number of fused-ring (bicyclic) bond motifs is 1. The first kappa shape index (κ1) is 13.8. The number of benzene rings is 1. The lowest BCUT2D eigenvalue weighted by atomic mass is 10.0. The molecule has 0 bridgehead atoms. The summed E-state index contributed by atoms with van der Waals surface area (Å²) >= 11 is 0. The van der Waals surface area contributed by atoms with Crippen LogP contribution in [-0.4, -0.2) is 30.6 Å². The van der Waals surface area contributed by atoms with E-state index in [1.54, 1.807) is 6.07 Å². The number of nitrogens with zero attached hydrogens (tertiary/aromatic N) is 1. The van der Waals surface area contributed by atoms with Crippen molar-refractivity contribution in [3.8, 4) is 0 Å². The fourth-order valence-electron chi connectivity index (χ4n) is 2.62. The van der Waals surface area contributed by atoms with E-state index in [2.05, 4.69) is 10.3 Å². The summed E-state index contributed by atoms with van der Waals surface area (Å²) in [6.45, 7) is 2.22. The molecule has 1 aromatic heterocycles. The largest absolute Gasteiger partial charge is 0.383 e. The average molecular weight is 285 g/mol. The number of hydrogen-bond acceptors (Lipinski definition) is 4. The summed E-state index contributed by atoms with van der Waals surface area (Å²) in [4.78, 5) is 16.4. The van der Waals surface area contributed by atoms with Gasteiger partial charge in [-0.2, -0.15) is 0 Å². The van der Waals surface area contributed by atoms with Gasteiger partial charge in [-0.15, -0.1) is 0 Å². The molecule has 1 saturated heterocycles. The van der Waals surface area contributed by atoms with Gasteiger partial charge in [-0.1, -0.05) is 24.3 Å². The number of pyridine rings is 1. The fourth-order valence-corrected chi connectivity index (χ4v) is 2.62. The molecule has 1 fully saturated rings. The predicted molar refractivity (Wildman–Crippen MR) is 82.0 cm³/mol. The predicted octanol–water partition coefficient (Wildman–Crippen LogP) is 1.97. The molecule has 0 aliphatic carbocycles. The molecule has 5 heteroatoms. The van der Waals surface area contributed by atoms with Crippen molar-refractivity contribution in [1.29, 1.82) is 0 Å². The van der Waals surface area contributed by atoms with Crippen LogP contribution in [0.2, 0.25) is 0 Å². The first-order chi connectivity index (χ1) is 10.2. The Bertz CT molecular complexity index is 651. The maximum absolute atomic E-state index is 12.2. The highest BCUT2D eigenvalue weighted by Gasteiger charge is 2.16. The summed E-state index contributed by atoms with van der Waals surface area (Å²) in [6.07, 6.45) is 1.99. The van der Waals surface area contributed by atoms with Crippen LogP contribution in [0.3, 0.4) is 0 Å². The average Bonchev–Trinajstić information content (AvgIpc) is 2.53. The molecule has 21 heavy (non-hydrogen) atoms. The molecule has 2 heterocycles. The third kappa shape index (κ3) is 3.13. The van der Waals surface area contributed by atoms with Crippen molar-refractivity contribution in [1.82, 2.24) is 10.3 Å². The van der Waals surface area contributed by atoms with E-state index in [9.17, 15) is 4.79 Å². The van der Waals surface area contributed by atoms with Gasteiger partial charge in [0.05, 0.1) is 0 Å². The van der Waals surface area contributed by atoms with Gasteiger partial charge >= 0.3 is 0 Å². The molecule has 1 aromatic carbocycles. The summed E-state index contributed by atoms with van der Waals surface area (Å²) in [5.74, 6) is 0.712. The Balaban J connectivity index is 1.72. The Morgan fingerprint density at radius 2 is 2.10 bits per heavy atom. The van der Waals surface area contributed by atoms with Crippen LogP contribution in [0.1, 0.15) is 23.3 Å². The molecule has 1 aliphatic rings. The smallest absolute Gasteiger partial charge is 0.270 e. The zero-order chi connectivity index (χ0) is 14.7. The number of hydrogen-bond donors (Lipinski definition) is 2. The number of nitrogens with one attached hydrogen (secondary N) is 1. The third-order valence-corrected chi connectivity index (χ3v) is 3.89. The van der Waals surface area contributed by atoms with E-state index in [-0.39, 0.29) is 5.91 Å². The molecule has 3 rings (SSSR count). The van der Waals surface area contributed by atoms with Crippen molar-refractivity contribution in [2.24, 2.45) is 5.92 Å². The van der Waals surface area contributed by atoms with Crippen molar-refractivity contribution < 1.29 is 9.53 Å². The molecular weight excluding hydrogens is 266 g/mol. The number of anilines is 1. The van der Waals surface area contributed by atoms with Crippen molar-refractivity contribution in [3.05, 3.63) is 36.0 Å². The zero-order valence-corrected chi connectivity index (χ0v) is 11.8. The van der Waals surface area contributed by atoms with Crippen LogP contribution in [0.25, 0.3) is 10.8 Å². The minimum absolute atomic E-state index is 0.168. The number of ether oxygens (including phenoxy) is 1. The van der Waals surface area contributed by atoms with E-state index in [0.717, 1.165) is 36.8 Å². The van der Waals surface area contributed by atoms with Crippen LogP contribution in [0.5, 0.6) is 0 Å². The lowest BCUT2D eigenvalue weighted by Crippen LogP contribution is -2.32. The van der Waals surface area contributed by atoms with Gasteiger partial charge in [0.15, 0.2) is 0 Å². The van der Waals surface area contributed by atoms with Crippen LogP contribution in [-0.2, 0) is 4.74 Å². The minimum atomic E-state index is -0.168. The Morgan fingerprint density at radius 1 is 1.33 bits per heavy atom. The van der Waals surface area contributed by atoms with Crippen LogP contribution < -0.4 is 11.1 Å². The highest BCUT2D eigenvalue weighted by molar-refractivity contribution is 5.99. The van der Waals surface area contributed by atoms with Gasteiger partial charge < -0.3 is 15.8 Å². The van der Waals surface area contributed by atoms with Gasteiger partial charge in [0.1, 0.15) is 11.5 Å². The molecule has 0 radical (unpaired) electrons. The Kier molecular flexibility index (Phi) is 4.01. The number of carbonyl (C=O) groups is 1. The molecule has 0 atom stereocenters. The number of carbonyl (C=O) groups excluding carboxylic acids is 1.